The Morgan fingerprint density at radius 1 is 0.903 bits per heavy atom. The van der Waals surface area contributed by atoms with Crippen LogP contribution in [0, 0.1) is 0 Å². The first-order valence-electron chi connectivity index (χ1n) is 9.48. The second-order valence-electron chi connectivity index (χ2n) is 6.50. The number of hydrogen-bond acceptors (Lipinski definition) is 7. The van der Waals surface area contributed by atoms with E-state index in [0.29, 0.717) is 16.6 Å². The second kappa shape index (κ2) is 9.40. The van der Waals surface area contributed by atoms with Crippen LogP contribution in [0.25, 0.3) is 0 Å². The highest BCUT2D eigenvalue weighted by atomic mass is 32.2. The van der Waals surface area contributed by atoms with Gasteiger partial charge in [0.2, 0.25) is 11.0 Å². The van der Waals surface area contributed by atoms with Gasteiger partial charge in [0.1, 0.15) is 11.5 Å². The molecular weight excluding hydrogens is 414 g/mol. The van der Waals surface area contributed by atoms with Gasteiger partial charge in [-0.15, -0.1) is 10.2 Å². The molecule has 0 aliphatic carbocycles. The van der Waals surface area contributed by atoms with E-state index in [1.807, 2.05) is 48.5 Å². The predicted octanol–water partition coefficient (Wildman–Crippen LogP) is 3.80. The largest absolute Gasteiger partial charge is 0.497 e. The summed E-state index contributed by atoms with van der Waals surface area (Å²) in [6, 6.07) is 18.7. The molecule has 2 aromatic heterocycles. The molecule has 2 heterocycles. The van der Waals surface area contributed by atoms with E-state index in [2.05, 4.69) is 15.5 Å². The van der Waals surface area contributed by atoms with E-state index in [9.17, 15) is 4.79 Å². The van der Waals surface area contributed by atoms with Gasteiger partial charge in [0.15, 0.2) is 0 Å². The summed E-state index contributed by atoms with van der Waals surface area (Å²) in [5.41, 5.74) is 1.49. The van der Waals surface area contributed by atoms with Crippen LogP contribution in [0.2, 0.25) is 0 Å². The maximum atomic E-state index is 13.2. The standard InChI is InChI=1S/C22H21N5O3S/c1-29-18-9-5-16(6-10-18)15-31-22-25-24-20(21(28)27(22)26-13-3-4-14-26)23-17-7-11-19(30-2)12-8-17/h3-14H,15H2,1-2H3,(H,23,24). The number of methoxy groups -OCH3 is 2. The summed E-state index contributed by atoms with van der Waals surface area (Å²) in [5.74, 6) is 2.29. The molecule has 0 radical (unpaired) electrons. The molecule has 0 spiro atoms. The number of anilines is 2. The van der Waals surface area contributed by atoms with Gasteiger partial charge in [-0.1, -0.05) is 23.9 Å². The molecule has 0 bridgehead atoms. The fourth-order valence-corrected chi connectivity index (χ4v) is 3.76. The average molecular weight is 436 g/mol. The Morgan fingerprint density at radius 3 is 2.13 bits per heavy atom. The van der Waals surface area contributed by atoms with Crippen LogP contribution in [0.3, 0.4) is 0 Å². The zero-order chi connectivity index (χ0) is 21.6. The minimum Gasteiger partial charge on any atom is -0.497 e. The summed E-state index contributed by atoms with van der Waals surface area (Å²) in [5, 5.41) is 12.0. The van der Waals surface area contributed by atoms with Crippen LogP contribution in [0.15, 0.2) is 83.0 Å². The van der Waals surface area contributed by atoms with E-state index in [1.54, 1.807) is 43.4 Å². The summed E-state index contributed by atoms with van der Waals surface area (Å²) in [4.78, 5) is 13.2. The van der Waals surface area contributed by atoms with Crippen LogP contribution in [0.5, 0.6) is 11.5 Å². The van der Waals surface area contributed by atoms with Crippen molar-refractivity contribution >= 4 is 23.3 Å². The lowest BCUT2D eigenvalue weighted by Gasteiger charge is -2.14. The molecule has 2 aromatic carbocycles. The van der Waals surface area contributed by atoms with Gasteiger partial charge in [0.05, 0.1) is 14.2 Å². The monoisotopic (exact) mass is 435 g/mol. The van der Waals surface area contributed by atoms with Crippen molar-refractivity contribution in [3.63, 3.8) is 0 Å². The Morgan fingerprint density at radius 2 is 1.52 bits per heavy atom. The molecule has 4 rings (SSSR count). The van der Waals surface area contributed by atoms with Crippen molar-refractivity contribution in [1.29, 1.82) is 0 Å². The minimum absolute atomic E-state index is 0.132. The Hall–Kier alpha value is -3.72. The molecule has 9 heteroatoms. The van der Waals surface area contributed by atoms with Gasteiger partial charge in [0, 0.05) is 23.8 Å². The van der Waals surface area contributed by atoms with E-state index >= 15 is 0 Å². The second-order valence-corrected chi connectivity index (χ2v) is 7.44. The molecule has 0 saturated heterocycles. The zero-order valence-corrected chi connectivity index (χ0v) is 17.9. The quantitative estimate of drug-likeness (QED) is 0.422. The number of thioether (sulfide) groups is 1. The fourth-order valence-electron chi connectivity index (χ4n) is 2.88. The number of aromatic nitrogens is 4. The lowest BCUT2D eigenvalue weighted by atomic mass is 10.2. The Kier molecular flexibility index (Phi) is 6.23. The van der Waals surface area contributed by atoms with Crippen LogP contribution in [-0.2, 0) is 5.75 Å². The Labute approximate surface area is 183 Å². The van der Waals surface area contributed by atoms with Gasteiger partial charge in [0.25, 0.3) is 0 Å². The summed E-state index contributed by atoms with van der Waals surface area (Å²) in [6.07, 6.45) is 3.58. The fraction of sp³-hybridized carbons (Fsp3) is 0.136. The van der Waals surface area contributed by atoms with Crippen molar-refractivity contribution in [2.24, 2.45) is 0 Å². The summed E-state index contributed by atoms with van der Waals surface area (Å²) >= 11 is 1.43. The Bertz CT molecular complexity index is 1190. The number of ether oxygens (including phenoxy) is 2. The number of nitrogens with one attached hydrogen (secondary N) is 1. The molecule has 0 amide bonds. The van der Waals surface area contributed by atoms with E-state index in [4.69, 9.17) is 9.47 Å². The number of benzene rings is 2. The van der Waals surface area contributed by atoms with Crippen LogP contribution < -0.4 is 20.3 Å². The van der Waals surface area contributed by atoms with E-state index in [0.717, 1.165) is 17.1 Å². The summed E-state index contributed by atoms with van der Waals surface area (Å²) in [7, 11) is 3.24. The average Bonchev–Trinajstić information content (AvgIpc) is 3.34. The van der Waals surface area contributed by atoms with E-state index < -0.39 is 0 Å². The smallest absolute Gasteiger partial charge is 0.316 e. The first-order chi connectivity index (χ1) is 15.2. The molecule has 8 nitrogen and oxygen atoms in total. The lowest BCUT2D eigenvalue weighted by Crippen LogP contribution is -2.30. The highest BCUT2D eigenvalue weighted by molar-refractivity contribution is 7.98. The van der Waals surface area contributed by atoms with Gasteiger partial charge in [-0.3, -0.25) is 9.47 Å². The van der Waals surface area contributed by atoms with Crippen LogP contribution in [0.1, 0.15) is 5.56 Å². The van der Waals surface area contributed by atoms with Crippen molar-refractivity contribution in [2.45, 2.75) is 10.9 Å². The Balaban J connectivity index is 1.62. The van der Waals surface area contributed by atoms with E-state index in [1.165, 1.54) is 16.4 Å². The molecule has 0 fully saturated rings. The van der Waals surface area contributed by atoms with Gasteiger partial charge in [-0.2, -0.15) is 4.68 Å². The van der Waals surface area contributed by atoms with Crippen molar-refractivity contribution in [3.8, 4) is 11.5 Å². The lowest BCUT2D eigenvalue weighted by molar-refractivity contribution is 0.414. The maximum absolute atomic E-state index is 13.2. The van der Waals surface area contributed by atoms with E-state index in [-0.39, 0.29) is 11.4 Å². The first kappa shape index (κ1) is 20.5. The van der Waals surface area contributed by atoms with Gasteiger partial charge in [-0.25, -0.2) is 0 Å². The van der Waals surface area contributed by atoms with Crippen LogP contribution in [0.4, 0.5) is 11.5 Å². The molecule has 0 unspecified atom stereocenters. The normalized spacial score (nSPS) is 10.6. The minimum atomic E-state index is -0.306. The molecule has 0 saturated carbocycles. The molecular formula is C22H21N5O3S. The van der Waals surface area contributed by atoms with Crippen LogP contribution in [-0.4, -0.2) is 33.8 Å². The molecule has 0 aliphatic rings. The van der Waals surface area contributed by atoms with Gasteiger partial charge in [-0.05, 0) is 54.1 Å². The van der Waals surface area contributed by atoms with Crippen molar-refractivity contribution in [1.82, 2.24) is 19.5 Å². The SMILES string of the molecule is COc1ccc(CSc2nnc(Nc3ccc(OC)cc3)c(=O)n2-n2cccc2)cc1. The molecule has 31 heavy (non-hydrogen) atoms. The van der Waals surface area contributed by atoms with Crippen LogP contribution >= 0.6 is 11.8 Å². The highest BCUT2D eigenvalue weighted by Gasteiger charge is 2.14. The topological polar surface area (TPSA) is 83.2 Å². The highest BCUT2D eigenvalue weighted by Crippen LogP contribution is 2.23. The van der Waals surface area contributed by atoms with Crippen molar-refractivity contribution < 1.29 is 9.47 Å². The molecule has 0 atom stereocenters. The molecule has 1 N–H and O–H groups in total. The van der Waals surface area contributed by atoms with Crippen molar-refractivity contribution in [3.05, 3.63) is 89.0 Å². The number of hydrogen-bond donors (Lipinski definition) is 1. The van der Waals surface area contributed by atoms with Crippen molar-refractivity contribution in [2.75, 3.05) is 19.5 Å². The zero-order valence-electron chi connectivity index (χ0n) is 17.1. The molecule has 0 aliphatic heterocycles. The molecule has 158 valence electrons. The predicted molar refractivity (Wildman–Crippen MR) is 120 cm³/mol. The third-order valence-corrected chi connectivity index (χ3v) is 5.50. The summed E-state index contributed by atoms with van der Waals surface area (Å²) < 4.78 is 13.5. The van der Waals surface area contributed by atoms with Gasteiger partial charge >= 0.3 is 5.56 Å². The summed E-state index contributed by atoms with van der Waals surface area (Å²) in [6.45, 7) is 0. The maximum Gasteiger partial charge on any atom is 0.316 e. The van der Waals surface area contributed by atoms with Gasteiger partial charge < -0.3 is 14.8 Å². The third kappa shape index (κ3) is 4.72. The third-order valence-electron chi connectivity index (χ3n) is 4.51. The first-order valence-corrected chi connectivity index (χ1v) is 10.5. The number of nitrogens with zero attached hydrogens (tertiary/aromatic N) is 4. The molecule has 4 aromatic rings. The number of rotatable bonds is 8.